The van der Waals surface area contributed by atoms with Crippen LogP contribution in [0.4, 0.5) is 16.7 Å². The Hall–Kier alpha value is -1.25. The minimum Gasteiger partial charge on any atom is -0.354 e. The Bertz CT molecular complexity index is 573. The van der Waals surface area contributed by atoms with E-state index in [9.17, 15) is 4.79 Å². The Kier molecular flexibility index (Phi) is 6.54. The number of rotatable bonds is 4. The number of carbonyl (C=O) groups is 1. The fraction of sp³-hybridized carbons (Fsp3) is 0.692. The number of hydrogen-bond acceptors (Lipinski definition) is 6. The van der Waals surface area contributed by atoms with E-state index in [0.29, 0.717) is 51.2 Å². The highest BCUT2D eigenvalue weighted by atomic mass is 35.6. The maximum atomic E-state index is 11.9. The second kappa shape index (κ2) is 8.22. The Balaban J connectivity index is 2.14. The maximum absolute atomic E-state index is 11.9. The Morgan fingerprint density at radius 1 is 1.08 bits per heavy atom. The van der Waals surface area contributed by atoms with E-state index < -0.39 is 3.79 Å². The van der Waals surface area contributed by atoms with Crippen LogP contribution in [-0.2, 0) is 3.79 Å². The van der Waals surface area contributed by atoms with Crippen molar-refractivity contribution in [1.29, 1.82) is 0 Å². The summed E-state index contributed by atoms with van der Waals surface area (Å²) in [5.74, 6) is 0.854. The summed E-state index contributed by atoms with van der Waals surface area (Å²) in [6.07, 6.45) is 0. The van der Waals surface area contributed by atoms with Crippen molar-refractivity contribution in [2.45, 2.75) is 17.6 Å². The SMILES string of the molecule is CCNC(=O)N1CCN(c2nc(NCC)nc(C(Cl)(Cl)Cl)n2)CC1. The molecule has 2 N–H and O–H groups in total. The van der Waals surface area contributed by atoms with Crippen molar-refractivity contribution in [3.05, 3.63) is 5.82 Å². The van der Waals surface area contributed by atoms with Crippen LogP contribution in [0.25, 0.3) is 0 Å². The van der Waals surface area contributed by atoms with Crippen molar-refractivity contribution in [3.8, 4) is 0 Å². The summed E-state index contributed by atoms with van der Waals surface area (Å²) < 4.78 is -1.73. The average molecular weight is 397 g/mol. The van der Waals surface area contributed by atoms with Crippen LogP contribution in [0, 0.1) is 0 Å². The molecule has 1 aliphatic heterocycles. The Labute approximate surface area is 155 Å². The molecule has 8 nitrogen and oxygen atoms in total. The summed E-state index contributed by atoms with van der Waals surface area (Å²) in [5, 5.41) is 5.79. The number of urea groups is 1. The van der Waals surface area contributed by atoms with Gasteiger partial charge in [0.2, 0.25) is 15.7 Å². The maximum Gasteiger partial charge on any atom is 0.317 e. The molecule has 1 fully saturated rings. The summed E-state index contributed by atoms with van der Waals surface area (Å²) in [4.78, 5) is 28.3. The van der Waals surface area contributed by atoms with Crippen LogP contribution in [0.5, 0.6) is 0 Å². The van der Waals surface area contributed by atoms with Crippen molar-refractivity contribution in [1.82, 2.24) is 25.2 Å². The van der Waals surface area contributed by atoms with Crippen LogP contribution in [0.2, 0.25) is 0 Å². The number of amides is 2. The molecule has 0 radical (unpaired) electrons. The summed E-state index contributed by atoms with van der Waals surface area (Å²) >= 11 is 17.7. The van der Waals surface area contributed by atoms with Crippen molar-refractivity contribution in [2.75, 3.05) is 49.5 Å². The summed E-state index contributed by atoms with van der Waals surface area (Å²) in [6, 6.07) is -0.0666. The quantitative estimate of drug-likeness (QED) is 0.757. The fourth-order valence-corrected chi connectivity index (χ4v) is 2.50. The van der Waals surface area contributed by atoms with Gasteiger partial charge in [-0.2, -0.15) is 15.0 Å². The number of aromatic nitrogens is 3. The molecule has 2 amide bonds. The molecule has 0 unspecified atom stereocenters. The largest absolute Gasteiger partial charge is 0.354 e. The first-order valence-electron chi connectivity index (χ1n) is 7.70. The van der Waals surface area contributed by atoms with Crippen molar-refractivity contribution in [3.63, 3.8) is 0 Å². The van der Waals surface area contributed by atoms with Gasteiger partial charge in [-0.05, 0) is 13.8 Å². The smallest absolute Gasteiger partial charge is 0.317 e. The molecular weight excluding hydrogens is 377 g/mol. The summed E-state index contributed by atoms with van der Waals surface area (Å²) in [6.45, 7) is 7.36. The summed E-state index contributed by atoms with van der Waals surface area (Å²) in [5.41, 5.74) is 0. The standard InChI is InChI=1S/C13H20Cl3N7O/c1-3-17-10-19-9(13(14,15)16)20-11(21-10)22-5-7-23(8-6-22)12(24)18-4-2/h3-8H2,1-2H3,(H,18,24)(H,17,19,20,21). The predicted octanol–water partition coefficient (Wildman–Crippen LogP) is 1.98. The zero-order chi connectivity index (χ0) is 17.7. The monoisotopic (exact) mass is 395 g/mol. The first-order chi connectivity index (χ1) is 11.3. The highest BCUT2D eigenvalue weighted by molar-refractivity contribution is 6.66. The zero-order valence-electron chi connectivity index (χ0n) is 13.5. The molecule has 1 aromatic rings. The lowest BCUT2D eigenvalue weighted by Crippen LogP contribution is -2.52. The number of hydrogen-bond donors (Lipinski definition) is 2. The van der Waals surface area contributed by atoms with E-state index in [4.69, 9.17) is 34.8 Å². The van der Waals surface area contributed by atoms with Gasteiger partial charge < -0.3 is 20.4 Å². The van der Waals surface area contributed by atoms with Gasteiger partial charge in [-0.25, -0.2) is 4.79 Å². The van der Waals surface area contributed by atoms with Gasteiger partial charge >= 0.3 is 6.03 Å². The van der Waals surface area contributed by atoms with Crippen LogP contribution < -0.4 is 15.5 Å². The number of piperazine rings is 1. The highest BCUT2D eigenvalue weighted by Crippen LogP contribution is 2.36. The lowest BCUT2D eigenvalue weighted by atomic mass is 10.3. The molecule has 2 heterocycles. The van der Waals surface area contributed by atoms with Gasteiger partial charge in [0.1, 0.15) is 0 Å². The molecule has 0 aromatic carbocycles. The second-order valence-corrected chi connectivity index (χ2v) is 7.40. The topological polar surface area (TPSA) is 86.3 Å². The molecule has 11 heteroatoms. The Morgan fingerprint density at radius 2 is 1.75 bits per heavy atom. The molecule has 0 spiro atoms. The molecule has 0 aliphatic carbocycles. The normalized spacial score (nSPS) is 15.4. The van der Waals surface area contributed by atoms with E-state index >= 15 is 0 Å². The minimum atomic E-state index is -1.73. The van der Waals surface area contributed by atoms with Gasteiger partial charge in [0.05, 0.1) is 0 Å². The van der Waals surface area contributed by atoms with Gasteiger partial charge in [0, 0.05) is 39.3 Å². The third-order valence-electron chi connectivity index (χ3n) is 3.39. The van der Waals surface area contributed by atoms with E-state index in [0.717, 1.165) is 0 Å². The van der Waals surface area contributed by atoms with E-state index in [-0.39, 0.29) is 11.9 Å². The number of nitrogens with one attached hydrogen (secondary N) is 2. The number of alkyl halides is 3. The van der Waals surface area contributed by atoms with E-state index in [1.54, 1.807) is 4.90 Å². The molecule has 1 saturated heterocycles. The minimum absolute atomic E-state index is 0.0666. The molecular formula is C13H20Cl3N7O. The van der Waals surface area contributed by atoms with Crippen LogP contribution in [0.3, 0.4) is 0 Å². The van der Waals surface area contributed by atoms with Crippen LogP contribution in [-0.4, -0.2) is 65.2 Å². The number of anilines is 2. The molecule has 1 aromatic heterocycles. The third-order valence-corrected chi connectivity index (χ3v) is 3.90. The first-order valence-corrected chi connectivity index (χ1v) is 8.83. The lowest BCUT2D eigenvalue weighted by Gasteiger charge is -2.34. The molecule has 134 valence electrons. The van der Waals surface area contributed by atoms with Gasteiger partial charge in [-0.1, -0.05) is 34.8 Å². The number of nitrogens with zero attached hydrogens (tertiary/aromatic N) is 5. The van der Waals surface area contributed by atoms with Gasteiger partial charge in [0.25, 0.3) is 0 Å². The highest BCUT2D eigenvalue weighted by Gasteiger charge is 2.30. The number of carbonyl (C=O) groups excluding carboxylic acids is 1. The first kappa shape index (κ1) is 19.1. The zero-order valence-corrected chi connectivity index (χ0v) is 15.8. The van der Waals surface area contributed by atoms with Crippen LogP contribution in [0.1, 0.15) is 19.7 Å². The molecule has 0 saturated carbocycles. The van der Waals surface area contributed by atoms with Crippen LogP contribution >= 0.6 is 34.8 Å². The lowest BCUT2D eigenvalue weighted by molar-refractivity contribution is 0.194. The molecule has 0 atom stereocenters. The van der Waals surface area contributed by atoms with Gasteiger partial charge in [0.15, 0.2) is 5.82 Å². The second-order valence-electron chi connectivity index (χ2n) is 5.12. The summed E-state index contributed by atoms with van der Waals surface area (Å²) in [7, 11) is 0. The van der Waals surface area contributed by atoms with Crippen molar-refractivity contribution < 1.29 is 4.79 Å². The van der Waals surface area contributed by atoms with Gasteiger partial charge in [-0.3, -0.25) is 0 Å². The van der Waals surface area contributed by atoms with Crippen LogP contribution in [0.15, 0.2) is 0 Å². The Morgan fingerprint density at radius 3 is 2.29 bits per heavy atom. The van der Waals surface area contributed by atoms with Crippen molar-refractivity contribution >= 4 is 52.7 Å². The average Bonchev–Trinajstić information content (AvgIpc) is 2.54. The van der Waals surface area contributed by atoms with E-state index in [1.165, 1.54) is 0 Å². The fourth-order valence-electron chi connectivity index (χ4n) is 2.24. The van der Waals surface area contributed by atoms with E-state index in [2.05, 4.69) is 25.6 Å². The molecule has 1 aliphatic rings. The third kappa shape index (κ3) is 4.87. The van der Waals surface area contributed by atoms with Gasteiger partial charge in [-0.15, -0.1) is 0 Å². The number of halogens is 3. The molecule has 0 bridgehead atoms. The molecule has 2 rings (SSSR count). The predicted molar refractivity (Wildman–Crippen MR) is 96.1 cm³/mol. The van der Waals surface area contributed by atoms with Crippen molar-refractivity contribution in [2.24, 2.45) is 0 Å². The van der Waals surface area contributed by atoms with E-state index in [1.807, 2.05) is 18.7 Å². The molecule has 24 heavy (non-hydrogen) atoms.